The summed E-state index contributed by atoms with van der Waals surface area (Å²) in [5, 5.41) is 3.35. The molecule has 17 heavy (non-hydrogen) atoms. The summed E-state index contributed by atoms with van der Waals surface area (Å²) in [6.45, 7) is 0.938. The van der Waals surface area contributed by atoms with E-state index in [-0.39, 0.29) is 0 Å². The van der Waals surface area contributed by atoms with E-state index in [9.17, 15) is 0 Å². The second-order valence-electron chi connectivity index (χ2n) is 4.49. The molecule has 4 heteroatoms. The quantitative estimate of drug-likeness (QED) is 0.907. The first-order chi connectivity index (χ1) is 8.29. The van der Waals surface area contributed by atoms with Gasteiger partial charge in [-0.3, -0.25) is 4.98 Å². The molecule has 3 nitrogen and oxygen atoms in total. The molecular formula is C13H19BrN2O. The molecular weight excluding hydrogens is 280 g/mol. The molecule has 0 bridgehead atoms. The van der Waals surface area contributed by atoms with Crippen LogP contribution in [-0.4, -0.2) is 24.7 Å². The van der Waals surface area contributed by atoms with Crippen molar-refractivity contribution in [2.75, 3.05) is 13.7 Å². The molecule has 0 aliphatic carbocycles. The molecule has 1 aromatic rings. The van der Waals surface area contributed by atoms with Crippen molar-refractivity contribution in [2.24, 2.45) is 0 Å². The summed E-state index contributed by atoms with van der Waals surface area (Å²) in [4.78, 5) is 4.21. The van der Waals surface area contributed by atoms with Gasteiger partial charge in [0.05, 0.1) is 6.10 Å². The predicted molar refractivity (Wildman–Crippen MR) is 71.9 cm³/mol. The lowest BCUT2D eigenvalue weighted by Crippen LogP contribution is -2.19. The van der Waals surface area contributed by atoms with E-state index in [2.05, 4.69) is 32.3 Å². The van der Waals surface area contributed by atoms with Crippen LogP contribution in [0.2, 0.25) is 0 Å². The fourth-order valence-corrected chi connectivity index (χ4v) is 2.70. The lowest BCUT2D eigenvalue weighted by molar-refractivity contribution is 0.0998. The second-order valence-corrected chi connectivity index (χ2v) is 5.41. The summed E-state index contributed by atoms with van der Waals surface area (Å²) in [6, 6.07) is 2.49. The van der Waals surface area contributed by atoms with Crippen molar-refractivity contribution in [3.63, 3.8) is 0 Å². The van der Waals surface area contributed by atoms with Crippen LogP contribution in [0.25, 0.3) is 0 Å². The Hall–Kier alpha value is -0.450. The number of halogens is 1. The van der Waals surface area contributed by atoms with Crippen molar-refractivity contribution in [1.82, 2.24) is 10.3 Å². The van der Waals surface area contributed by atoms with Crippen molar-refractivity contribution in [3.05, 3.63) is 28.5 Å². The number of ether oxygens (including phenoxy) is 1. The van der Waals surface area contributed by atoms with Crippen molar-refractivity contribution in [1.29, 1.82) is 0 Å². The molecule has 1 saturated heterocycles. The maximum Gasteiger partial charge on any atom is 0.0576 e. The zero-order chi connectivity index (χ0) is 12.1. The van der Waals surface area contributed by atoms with Crippen LogP contribution in [0.4, 0.5) is 0 Å². The fraction of sp³-hybridized carbons (Fsp3) is 0.615. The van der Waals surface area contributed by atoms with Crippen molar-refractivity contribution >= 4 is 15.9 Å². The highest BCUT2D eigenvalue weighted by Crippen LogP contribution is 2.24. The lowest BCUT2D eigenvalue weighted by Gasteiger charge is -2.18. The van der Waals surface area contributed by atoms with Gasteiger partial charge in [-0.1, -0.05) is 0 Å². The van der Waals surface area contributed by atoms with Crippen LogP contribution in [0.3, 0.4) is 0 Å². The van der Waals surface area contributed by atoms with Gasteiger partial charge in [-0.2, -0.15) is 0 Å². The highest BCUT2D eigenvalue weighted by Gasteiger charge is 2.18. The van der Waals surface area contributed by atoms with Crippen LogP contribution in [0.15, 0.2) is 22.9 Å². The molecule has 2 heterocycles. The number of rotatable bonds is 5. The monoisotopic (exact) mass is 298 g/mol. The summed E-state index contributed by atoms with van der Waals surface area (Å²) >= 11 is 3.46. The first kappa shape index (κ1) is 13.0. The molecule has 1 aliphatic heterocycles. The number of aromatic nitrogens is 1. The van der Waals surface area contributed by atoms with E-state index in [1.165, 1.54) is 18.4 Å². The Kier molecular flexibility index (Phi) is 4.95. The van der Waals surface area contributed by atoms with Crippen LogP contribution in [0, 0.1) is 0 Å². The number of nitrogens with one attached hydrogen (secondary N) is 1. The summed E-state index contributed by atoms with van der Waals surface area (Å²) in [5.41, 5.74) is 1.24. The zero-order valence-electron chi connectivity index (χ0n) is 10.2. The molecule has 1 aromatic heterocycles. The molecule has 0 aromatic carbocycles. The normalized spacial score (nSPS) is 21.6. The summed E-state index contributed by atoms with van der Waals surface area (Å²) < 4.78 is 6.69. The molecule has 94 valence electrons. The van der Waals surface area contributed by atoms with Crippen molar-refractivity contribution in [2.45, 2.75) is 37.8 Å². The Morgan fingerprint density at radius 3 is 3.12 bits per heavy atom. The average molecular weight is 299 g/mol. The first-order valence-corrected chi connectivity index (χ1v) is 6.98. The molecule has 2 rings (SSSR count). The van der Waals surface area contributed by atoms with Gasteiger partial charge in [-0.15, -0.1) is 0 Å². The highest BCUT2D eigenvalue weighted by molar-refractivity contribution is 9.10. The third-order valence-electron chi connectivity index (χ3n) is 3.28. The smallest absolute Gasteiger partial charge is 0.0576 e. The number of hydrogen-bond donors (Lipinski definition) is 1. The molecule has 2 unspecified atom stereocenters. The molecule has 1 fully saturated rings. The van der Waals surface area contributed by atoms with Crippen molar-refractivity contribution in [3.8, 4) is 0 Å². The first-order valence-electron chi connectivity index (χ1n) is 6.19. The van der Waals surface area contributed by atoms with E-state index in [1.807, 2.05) is 19.4 Å². The van der Waals surface area contributed by atoms with Crippen LogP contribution < -0.4 is 5.32 Å². The zero-order valence-corrected chi connectivity index (χ0v) is 11.7. The third kappa shape index (κ3) is 3.76. The molecule has 2 atom stereocenters. The van der Waals surface area contributed by atoms with Gasteiger partial charge in [0.2, 0.25) is 0 Å². The minimum absolute atomic E-state index is 0.365. The van der Waals surface area contributed by atoms with Crippen LogP contribution in [0.1, 0.15) is 37.3 Å². The minimum Gasteiger partial charge on any atom is -0.378 e. The molecule has 0 spiro atoms. The van der Waals surface area contributed by atoms with E-state index >= 15 is 0 Å². The number of nitrogens with zero attached hydrogens (tertiary/aromatic N) is 1. The topological polar surface area (TPSA) is 34.1 Å². The van der Waals surface area contributed by atoms with Crippen LogP contribution >= 0.6 is 15.9 Å². The van der Waals surface area contributed by atoms with Gasteiger partial charge >= 0.3 is 0 Å². The number of pyridine rings is 1. The third-order valence-corrected chi connectivity index (χ3v) is 3.71. The molecule has 0 saturated carbocycles. The lowest BCUT2D eigenvalue weighted by atomic mass is 10.0. The maximum absolute atomic E-state index is 5.65. The molecule has 0 radical (unpaired) electrons. The Balaban J connectivity index is 1.91. The van der Waals surface area contributed by atoms with E-state index in [0.717, 1.165) is 23.9 Å². The Bertz CT molecular complexity index is 353. The van der Waals surface area contributed by atoms with Gasteiger partial charge in [0.1, 0.15) is 0 Å². The largest absolute Gasteiger partial charge is 0.378 e. The van der Waals surface area contributed by atoms with Gasteiger partial charge in [0.15, 0.2) is 0 Å². The fourth-order valence-electron chi connectivity index (χ4n) is 2.32. The number of hydrogen-bond acceptors (Lipinski definition) is 3. The summed E-state index contributed by atoms with van der Waals surface area (Å²) in [6.07, 6.45) is 8.86. The highest BCUT2D eigenvalue weighted by atomic mass is 79.9. The summed E-state index contributed by atoms with van der Waals surface area (Å²) in [5.74, 6) is 0. The van der Waals surface area contributed by atoms with Crippen LogP contribution in [0.5, 0.6) is 0 Å². The van der Waals surface area contributed by atoms with E-state index in [1.54, 1.807) is 0 Å². The Labute approximate surface area is 111 Å². The van der Waals surface area contributed by atoms with E-state index < -0.39 is 0 Å². The average Bonchev–Trinajstić information content (AvgIpc) is 2.83. The van der Waals surface area contributed by atoms with E-state index in [0.29, 0.717) is 12.1 Å². The van der Waals surface area contributed by atoms with E-state index in [4.69, 9.17) is 4.74 Å². The second kappa shape index (κ2) is 6.47. The maximum atomic E-state index is 5.65. The van der Waals surface area contributed by atoms with Gasteiger partial charge in [-0.25, -0.2) is 0 Å². The standard InChI is InChI=1S/C13H19BrN2O/c1-15-13(5-4-12-3-2-6-17-12)10-7-11(14)9-16-8-10/h7-9,12-13,15H,2-6H2,1H3. The summed E-state index contributed by atoms with van der Waals surface area (Å²) in [7, 11) is 2.00. The van der Waals surface area contributed by atoms with Crippen LogP contribution in [-0.2, 0) is 4.74 Å². The predicted octanol–water partition coefficient (Wildman–Crippen LogP) is 3.06. The molecule has 1 aliphatic rings. The SMILES string of the molecule is CNC(CCC1CCCO1)c1cncc(Br)c1. The van der Waals surface area contributed by atoms with Gasteiger partial charge in [-0.05, 0) is 60.3 Å². The van der Waals surface area contributed by atoms with Gasteiger partial charge in [0.25, 0.3) is 0 Å². The Morgan fingerprint density at radius 2 is 2.47 bits per heavy atom. The van der Waals surface area contributed by atoms with Gasteiger partial charge < -0.3 is 10.1 Å². The Morgan fingerprint density at radius 1 is 1.59 bits per heavy atom. The minimum atomic E-state index is 0.365. The molecule has 1 N–H and O–H groups in total. The van der Waals surface area contributed by atoms with Gasteiger partial charge in [0, 0.05) is 29.5 Å². The molecule has 0 amide bonds. The van der Waals surface area contributed by atoms with Crippen molar-refractivity contribution < 1.29 is 4.74 Å².